The highest BCUT2D eigenvalue weighted by Gasteiger charge is 2.21. The smallest absolute Gasteiger partial charge is 0.259 e. The fourth-order valence-corrected chi connectivity index (χ4v) is 11.9. The van der Waals surface area contributed by atoms with Crippen LogP contribution in [-0.2, 0) is 0 Å². The minimum atomic E-state index is -0.0716. The lowest BCUT2D eigenvalue weighted by molar-refractivity contribution is 0.539. The van der Waals surface area contributed by atoms with E-state index in [9.17, 15) is 28.8 Å². The van der Waals surface area contributed by atoms with Gasteiger partial charge in [-0.05, 0) is 160 Å². The van der Waals surface area contributed by atoms with Gasteiger partial charge in [-0.25, -0.2) is 0 Å². The third-order valence-electron chi connectivity index (χ3n) is 16.9. The molecule has 0 bridgehead atoms. The molecule has 12 aromatic heterocycles. The van der Waals surface area contributed by atoms with Gasteiger partial charge in [-0.2, -0.15) is 15.3 Å². The van der Waals surface area contributed by atoms with Crippen molar-refractivity contribution in [3.8, 4) is 0 Å². The fourth-order valence-electron chi connectivity index (χ4n) is 11.9. The lowest BCUT2D eigenvalue weighted by Gasteiger charge is -2.08. The van der Waals surface area contributed by atoms with Gasteiger partial charge in [0.2, 0.25) is 22.2 Å². The molecule has 0 radical (unpaired) electrons. The molecule has 0 unspecified atom stereocenters. The van der Waals surface area contributed by atoms with Crippen molar-refractivity contribution in [1.29, 1.82) is 0 Å². The zero-order valence-electron chi connectivity index (χ0n) is 61.1. The summed E-state index contributed by atoms with van der Waals surface area (Å²) in [7, 11) is 0. The van der Waals surface area contributed by atoms with Crippen molar-refractivity contribution >= 4 is 65.7 Å². The molecule has 21 heteroatoms. The van der Waals surface area contributed by atoms with Crippen LogP contribution < -0.4 is 33.4 Å². The number of hydrogen-bond donors (Lipinski definition) is 6. The second kappa shape index (κ2) is 31.1. The van der Waals surface area contributed by atoms with E-state index in [2.05, 4.69) is 244 Å². The zero-order chi connectivity index (χ0) is 71.2. The average molecular weight is 1310 g/mol. The van der Waals surface area contributed by atoms with E-state index >= 15 is 0 Å². The van der Waals surface area contributed by atoms with Crippen LogP contribution in [-0.4, -0.2) is 72.9 Å². The number of rotatable bonds is 12. The van der Waals surface area contributed by atoms with Crippen molar-refractivity contribution < 1.29 is 0 Å². The van der Waals surface area contributed by atoms with Crippen LogP contribution in [0.1, 0.15) is 272 Å². The normalized spacial score (nSPS) is 11.9. The van der Waals surface area contributed by atoms with Gasteiger partial charge < -0.3 is 43.6 Å². The van der Waals surface area contributed by atoms with Crippen LogP contribution in [0.25, 0.3) is 65.7 Å². The van der Waals surface area contributed by atoms with Crippen LogP contribution in [0.3, 0.4) is 0 Å². The molecule has 0 atom stereocenters. The molecule has 516 valence electrons. The summed E-state index contributed by atoms with van der Waals surface area (Å²) in [6.45, 7) is 50.6. The molecule has 0 saturated carbocycles. The lowest BCUT2D eigenvalue weighted by Crippen LogP contribution is -2.06. The van der Waals surface area contributed by atoms with Gasteiger partial charge >= 0.3 is 0 Å². The Morgan fingerprint density at radius 3 is 1.21 bits per heavy atom. The summed E-state index contributed by atoms with van der Waals surface area (Å²) < 4.78 is 12.4. The molecule has 0 spiro atoms. The van der Waals surface area contributed by atoms with Crippen molar-refractivity contribution in [3.63, 3.8) is 0 Å². The highest BCUT2D eigenvalue weighted by Crippen LogP contribution is 2.32. The highest BCUT2D eigenvalue weighted by atomic mass is 16.1. The summed E-state index contributed by atoms with van der Waals surface area (Å²) in [5.41, 5.74) is 14.2. The van der Waals surface area contributed by atoms with Crippen molar-refractivity contribution in [2.45, 2.75) is 238 Å². The first-order valence-electron chi connectivity index (χ1n) is 34.1. The predicted molar refractivity (Wildman–Crippen MR) is 396 cm³/mol. The summed E-state index contributed by atoms with van der Waals surface area (Å²) in [6.07, 6.45) is 13.4. The van der Waals surface area contributed by atoms with E-state index < -0.39 is 0 Å². The predicted octanol–water partition coefficient (Wildman–Crippen LogP) is 16.4. The minimum Gasteiger partial charge on any atom is -0.344 e. The molecule has 96 heavy (non-hydrogen) atoms. The van der Waals surface area contributed by atoms with Crippen LogP contribution >= 0.6 is 0 Å². The molecule has 12 heterocycles. The SMILES string of the molecule is CC(C)c1cn(C(C)C)c2c[nH]c(=O)cc12.CC(C)c1cn(C(C)C)c2cc[nH]c(=O)c12.CC(C)c1cn(C(C)C)c2ccc(=O)[nH]c12.CC(C)c1nn(C(C)C)c2c[nH]c(=O)cc12.CC(C)c1nn(C(C)C)c2cc[nH]c(=O)c12.CC(C)c1nn(C(C)C)c2ccc(=O)[nH]c12. The van der Waals surface area contributed by atoms with E-state index in [0.717, 1.165) is 88.3 Å². The zero-order valence-corrected chi connectivity index (χ0v) is 61.1. The number of pyridine rings is 6. The molecule has 0 fully saturated rings. The van der Waals surface area contributed by atoms with Gasteiger partial charge in [0, 0.05) is 115 Å². The molecule has 21 nitrogen and oxygen atoms in total. The van der Waals surface area contributed by atoms with Crippen molar-refractivity contribution in [3.05, 3.63) is 188 Å². The van der Waals surface area contributed by atoms with Gasteiger partial charge in [0.25, 0.3) is 11.1 Å². The summed E-state index contributed by atoms with van der Waals surface area (Å²) in [4.78, 5) is 85.9. The van der Waals surface area contributed by atoms with Crippen molar-refractivity contribution in [1.82, 2.24) is 72.9 Å². The van der Waals surface area contributed by atoms with E-state index in [1.54, 1.807) is 42.9 Å². The molecule has 12 aromatic rings. The molecule has 12 rings (SSSR count). The van der Waals surface area contributed by atoms with Gasteiger partial charge in [-0.3, -0.25) is 42.8 Å². The first-order valence-corrected chi connectivity index (χ1v) is 34.1. The second-order valence-electron chi connectivity index (χ2n) is 28.4. The number of nitrogens with zero attached hydrogens (tertiary/aromatic N) is 9. The summed E-state index contributed by atoms with van der Waals surface area (Å²) >= 11 is 0. The number of aromatic nitrogens is 15. The minimum absolute atomic E-state index is 0.0144. The van der Waals surface area contributed by atoms with Crippen LogP contribution in [0.2, 0.25) is 0 Å². The molecule has 0 aliphatic carbocycles. The third kappa shape index (κ3) is 16.3. The van der Waals surface area contributed by atoms with Crippen molar-refractivity contribution in [2.75, 3.05) is 0 Å². The Morgan fingerprint density at radius 1 is 0.312 bits per heavy atom. The van der Waals surface area contributed by atoms with Gasteiger partial charge in [0.15, 0.2) is 0 Å². The number of hydrogen-bond acceptors (Lipinski definition) is 9. The summed E-state index contributed by atoms with van der Waals surface area (Å²) in [6, 6.07) is 16.1. The second-order valence-corrected chi connectivity index (χ2v) is 28.4. The molecule has 6 N–H and O–H groups in total. The number of fused-ring (bicyclic) bond motifs is 6. The quantitative estimate of drug-likeness (QED) is 0.0678. The molecule has 0 amide bonds. The molecule has 0 aromatic carbocycles. The number of aromatic amines is 6. The maximum atomic E-state index is 11.9. The fraction of sp³-hybridized carbons (Fsp3) is 0.480. The maximum Gasteiger partial charge on any atom is 0.259 e. The number of H-pyrrole nitrogens is 6. The highest BCUT2D eigenvalue weighted by molar-refractivity contribution is 5.86. The Balaban J connectivity index is 0.000000163. The van der Waals surface area contributed by atoms with Gasteiger partial charge in [-0.1, -0.05) is 83.1 Å². The Kier molecular flexibility index (Phi) is 24.0. The van der Waals surface area contributed by atoms with Crippen LogP contribution in [0.15, 0.2) is 121 Å². The molecular formula is C75H105N15O6. The van der Waals surface area contributed by atoms with E-state index in [4.69, 9.17) is 0 Å². The first kappa shape index (κ1) is 74.1. The molecule has 0 aliphatic rings. The van der Waals surface area contributed by atoms with Crippen molar-refractivity contribution in [2.24, 2.45) is 0 Å². The van der Waals surface area contributed by atoms with Crippen LogP contribution in [0.5, 0.6) is 0 Å². The number of nitrogens with one attached hydrogen (secondary N) is 6. The van der Waals surface area contributed by atoms with Crippen LogP contribution in [0, 0.1) is 0 Å². The molecule has 0 saturated heterocycles. The topological polar surface area (TPSA) is 265 Å². The van der Waals surface area contributed by atoms with Gasteiger partial charge in [0.05, 0.1) is 72.0 Å². The van der Waals surface area contributed by atoms with E-state index in [-0.39, 0.29) is 45.3 Å². The Morgan fingerprint density at radius 2 is 0.708 bits per heavy atom. The lowest BCUT2D eigenvalue weighted by atomic mass is 10.0. The van der Waals surface area contributed by atoms with E-state index in [1.165, 1.54) is 11.1 Å². The Labute approximate surface area is 561 Å². The summed E-state index contributed by atoms with van der Waals surface area (Å²) in [5, 5.41) is 17.3. The molecule has 0 aliphatic heterocycles. The standard InChI is InChI=1S/3C13H18N2O.3C12H17N3O/c1-8(2)11-7-15(9(3)4)12-6-14-13(16)5-10(11)12;1-8(2)10-7-15(9(3)4)11-5-6-14-13(16)12(10)11;1-8(2)10-7-15(9(3)4)11-5-6-12(16)14-13(10)11;1-7(2)12-9-5-11(16)13-6-10(9)15(14-12)8(3)4;1-7(2)11-10-9(5-6-13-12(10)16)15(14-11)8(3)4;1-7(2)11-12-9(5-6-10(16)13-12)15(14-11)8(3)4/h3*5-9H,1-4H3,(H,14,16);3*5-8H,1-4H3,(H,13,16). The van der Waals surface area contributed by atoms with Gasteiger partial charge in [0.1, 0.15) is 0 Å². The summed E-state index contributed by atoms with van der Waals surface area (Å²) in [5.74, 6) is 2.10. The Hall–Kier alpha value is -9.27. The first-order chi connectivity index (χ1) is 45.1. The Bertz CT molecular complexity index is 4440. The maximum absolute atomic E-state index is 11.9. The average Bonchev–Trinajstić information content (AvgIpc) is 1.66. The van der Waals surface area contributed by atoms with Gasteiger partial charge in [-0.15, -0.1) is 0 Å². The van der Waals surface area contributed by atoms with Crippen LogP contribution in [0.4, 0.5) is 0 Å². The van der Waals surface area contributed by atoms with E-state index in [0.29, 0.717) is 59.8 Å². The molecular weight excluding hydrogens is 1210 g/mol. The largest absolute Gasteiger partial charge is 0.344 e. The van der Waals surface area contributed by atoms with E-state index in [1.807, 2.05) is 44.5 Å². The monoisotopic (exact) mass is 1310 g/mol. The third-order valence-corrected chi connectivity index (χ3v) is 16.9.